The quantitative estimate of drug-likeness (QED) is 0.836. The van der Waals surface area contributed by atoms with Gasteiger partial charge in [-0.2, -0.15) is 5.26 Å². The van der Waals surface area contributed by atoms with Crippen molar-refractivity contribution >= 4 is 5.91 Å². The van der Waals surface area contributed by atoms with E-state index in [4.69, 9.17) is 5.26 Å². The Bertz CT molecular complexity index is 434. The second kappa shape index (κ2) is 5.26. The van der Waals surface area contributed by atoms with Crippen LogP contribution in [-0.4, -0.2) is 17.4 Å². The number of carbonyl (C=O) groups is 1. The van der Waals surface area contributed by atoms with Gasteiger partial charge in [-0.3, -0.25) is 9.78 Å². The fraction of sp³-hybridized carbons (Fsp3) is 0.417. The van der Waals surface area contributed by atoms with E-state index in [1.807, 2.05) is 6.92 Å². The number of nitriles is 1. The van der Waals surface area contributed by atoms with Crippen LogP contribution < -0.4 is 5.32 Å². The molecule has 0 saturated heterocycles. The molecule has 0 radical (unpaired) electrons. The molecule has 1 heterocycles. The van der Waals surface area contributed by atoms with Crippen molar-refractivity contribution in [3.05, 3.63) is 29.1 Å². The molecule has 0 aliphatic rings. The summed E-state index contributed by atoms with van der Waals surface area (Å²) in [4.78, 5) is 16.0. The Kier molecular flexibility index (Phi) is 4.01. The minimum atomic E-state index is -0.178. The highest BCUT2D eigenvalue weighted by Crippen LogP contribution is 2.06. The summed E-state index contributed by atoms with van der Waals surface area (Å²) in [6.45, 7) is 5.81. The van der Waals surface area contributed by atoms with E-state index in [9.17, 15) is 4.79 Å². The largest absolute Gasteiger partial charge is 0.351 e. The zero-order valence-electron chi connectivity index (χ0n) is 9.74. The van der Waals surface area contributed by atoms with Gasteiger partial charge in [0.05, 0.1) is 23.2 Å². The van der Waals surface area contributed by atoms with E-state index in [1.54, 1.807) is 26.0 Å². The Labute approximate surface area is 95.3 Å². The van der Waals surface area contributed by atoms with Crippen molar-refractivity contribution in [3.8, 4) is 6.07 Å². The molecule has 1 amide bonds. The van der Waals surface area contributed by atoms with E-state index in [-0.39, 0.29) is 11.8 Å². The monoisotopic (exact) mass is 217 g/mol. The molecule has 1 unspecified atom stereocenters. The van der Waals surface area contributed by atoms with Crippen LogP contribution in [0.3, 0.4) is 0 Å². The van der Waals surface area contributed by atoms with E-state index in [0.717, 1.165) is 5.69 Å². The van der Waals surface area contributed by atoms with Crippen molar-refractivity contribution in [2.75, 3.05) is 6.54 Å². The van der Waals surface area contributed by atoms with Crippen molar-refractivity contribution in [1.82, 2.24) is 10.3 Å². The van der Waals surface area contributed by atoms with Gasteiger partial charge in [-0.05, 0) is 32.9 Å². The fourth-order valence-electron chi connectivity index (χ4n) is 1.31. The van der Waals surface area contributed by atoms with Crippen LogP contribution in [0.5, 0.6) is 0 Å². The molecule has 1 N–H and O–H groups in total. The number of amides is 1. The van der Waals surface area contributed by atoms with E-state index < -0.39 is 0 Å². The summed E-state index contributed by atoms with van der Waals surface area (Å²) in [6, 6.07) is 5.62. The van der Waals surface area contributed by atoms with Crippen molar-refractivity contribution < 1.29 is 4.79 Å². The summed E-state index contributed by atoms with van der Waals surface area (Å²) < 4.78 is 0. The average Bonchev–Trinajstić information content (AvgIpc) is 2.25. The number of pyridine rings is 1. The van der Waals surface area contributed by atoms with Gasteiger partial charge in [-0.15, -0.1) is 0 Å². The topological polar surface area (TPSA) is 65.8 Å². The molecule has 0 aliphatic heterocycles. The third-order valence-corrected chi connectivity index (χ3v) is 2.26. The van der Waals surface area contributed by atoms with Crippen LogP contribution >= 0.6 is 0 Å². The molecule has 0 saturated carbocycles. The van der Waals surface area contributed by atoms with E-state index in [0.29, 0.717) is 17.8 Å². The molecule has 0 bridgehead atoms. The van der Waals surface area contributed by atoms with Gasteiger partial charge in [0.25, 0.3) is 5.91 Å². The molecule has 0 aromatic carbocycles. The van der Waals surface area contributed by atoms with Gasteiger partial charge in [0, 0.05) is 12.2 Å². The van der Waals surface area contributed by atoms with Crippen LogP contribution in [0.4, 0.5) is 0 Å². The number of rotatable bonds is 3. The number of nitrogens with one attached hydrogen (secondary N) is 1. The van der Waals surface area contributed by atoms with Gasteiger partial charge in [-0.25, -0.2) is 0 Å². The number of aromatic nitrogens is 1. The lowest BCUT2D eigenvalue weighted by atomic mass is 10.1. The summed E-state index contributed by atoms with van der Waals surface area (Å²) >= 11 is 0. The normalized spacial score (nSPS) is 11.6. The minimum Gasteiger partial charge on any atom is -0.351 e. The Hall–Kier alpha value is -1.89. The average molecular weight is 217 g/mol. The first-order valence-corrected chi connectivity index (χ1v) is 5.16. The molecule has 0 aliphatic carbocycles. The maximum atomic E-state index is 11.7. The standard InChI is InChI=1S/C12H15N3O/c1-8(6-13)7-14-12(16)11-5-4-9(2)15-10(11)3/h4-5,8H,7H2,1-3H3,(H,14,16). The molecule has 0 fully saturated rings. The Morgan fingerprint density at radius 2 is 2.25 bits per heavy atom. The third kappa shape index (κ3) is 3.06. The summed E-state index contributed by atoms with van der Waals surface area (Å²) in [5.41, 5.74) is 2.16. The van der Waals surface area contributed by atoms with Crippen molar-refractivity contribution in [3.63, 3.8) is 0 Å². The second-order valence-corrected chi connectivity index (χ2v) is 3.83. The van der Waals surface area contributed by atoms with Gasteiger partial charge in [0.15, 0.2) is 0 Å². The maximum absolute atomic E-state index is 11.7. The van der Waals surface area contributed by atoms with Crippen LogP contribution in [0.2, 0.25) is 0 Å². The highest BCUT2D eigenvalue weighted by molar-refractivity contribution is 5.95. The molecule has 0 spiro atoms. The summed E-state index contributed by atoms with van der Waals surface area (Å²) in [6.07, 6.45) is 0. The summed E-state index contributed by atoms with van der Waals surface area (Å²) in [7, 11) is 0. The molecule has 1 rings (SSSR count). The van der Waals surface area contributed by atoms with Gasteiger partial charge in [-0.1, -0.05) is 0 Å². The van der Waals surface area contributed by atoms with Gasteiger partial charge >= 0.3 is 0 Å². The zero-order valence-corrected chi connectivity index (χ0v) is 9.74. The number of aryl methyl sites for hydroxylation is 2. The first-order valence-electron chi connectivity index (χ1n) is 5.16. The number of carbonyl (C=O) groups excluding carboxylic acids is 1. The third-order valence-electron chi connectivity index (χ3n) is 2.26. The summed E-state index contributed by atoms with van der Waals surface area (Å²) in [5.74, 6) is -0.352. The number of nitrogens with zero attached hydrogens (tertiary/aromatic N) is 2. The zero-order chi connectivity index (χ0) is 12.1. The first-order chi connectivity index (χ1) is 7.54. The molecular formula is C12H15N3O. The van der Waals surface area contributed by atoms with Crippen molar-refractivity contribution in [2.24, 2.45) is 5.92 Å². The molecule has 1 aromatic rings. The second-order valence-electron chi connectivity index (χ2n) is 3.83. The van der Waals surface area contributed by atoms with E-state index in [1.165, 1.54) is 0 Å². The van der Waals surface area contributed by atoms with Crippen LogP contribution in [-0.2, 0) is 0 Å². The minimum absolute atomic E-state index is 0.174. The number of hydrogen-bond donors (Lipinski definition) is 1. The fourth-order valence-corrected chi connectivity index (χ4v) is 1.31. The van der Waals surface area contributed by atoms with Gasteiger partial charge < -0.3 is 5.32 Å². The predicted molar refractivity (Wildman–Crippen MR) is 60.8 cm³/mol. The highest BCUT2D eigenvalue weighted by Gasteiger charge is 2.10. The van der Waals surface area contributed by atoms with Crippen molar-refractivity contribution in [1.29, 1.82) is 5.26 Å². The molecule has 4 nitrogen and oxygen atoms in total. The van der Waals surface area contributed by atoms with Crippen molar-refractivity contribution in [2.45, 2.75) is 20.8 Å². The Morgan fingerprint density at radius 1 is 1.56 bits per heavy atom. The first kappa shape index (κ1) is 12.2. The highest BCUT2D eigenvalue weighted by atomic mass is 16.1. The molecule has 16 heavy (non-hydrogen) atoms. The Balaban J connectivity index is 2.71. The lowest BCUT2D eigenvalue weighted by molar-refractivity contribution is 0.0949. The number of hydrogen-bond acceptors (Lipinski definition) is 3. The van der Waals surface area contributed by atoms with E-state index >= 15 is 0 Å². The summed E-state index contributed by atoms with van der Waals surface area (Å²) in [5, 5.41) is 11.3. The maximum Gasteiger partial charge on any atom is 0.253 e. The predicted octanol–water partition coefficient (Wildman–Crippen LogP) is 1.59. The SMILES string of the molecule is Cc1ccc(C(=O)NCC(C)C#N)c(C)n1. The molecule has 1 atom stereocenters. The molecule has 1 aromatic heterocycles. The van der Waals surface area contributed by atoms with Crippen LogP contribution in [0.15, 0.2) is 12.1 Å². The van der Waals surface area contributed by atoms with Crippen LogP contribution in [0.25, 0.3) is 0 Å². The smallest absolute Gasteiger partial charge is 0.253 e. The molecular weight excluding hydrogens is 202 g/mol. The lowest BCUT2D eigenvalue weighted by Crippen LogP contribution is -2.28. The van der Waals surface area contributed by atoms with Gasteiger partial charge in [0.1, 0.15) is 0 Å². The van der Waals surface area contributed by atoms with Crippen LogP contribution in [0, 0.1) is 31.1 Å². The Morgan fingerprint density at radius 3 is 2.81 bits per heavy atom. The van der Waals surface area contributed by atoms with E-state index in [2.05, 4.69) is 16.4 Å². The van der Waals surface area contributed by atoms with Crippen LogP contribution in [0.1, 0.15) is 28.7 Å². The van der Waals surface area contributed by atoms with Gasteiger partial charge in [0.2, 0.25) is 0 Å². The lowest BCUT2D eigenvalue weighted by Gasteiger charge is -2.08. The molecule has 4 heteroatoms. The molecule has 84 valence electrons.